The van der Waals surface area contributed by atoms with Crippen molar-refractivity contribution in [3.8, 4) is 0 Å². The lowest BCUT2D eigenvalue weighted by atomic mass is 10.0. The SMILES string of the molecule is CNNC(=O)CC(N)c1ccc2nc(C)oc2c1. The highest BCUT2D eigenvalue weighted by Gasteiger charge is 2.13. The molecule has 6 heteroatoms. The van der Waals surface area contributed by atoms with Crippen molar-refractivity contribution in [2.45, 2.75) is 19.4 Å². The van der Waals surface area contributed by atoms with Crippen LogP contribution in [0.5, 0.6) is 0 Å². The predicted octanol–water partition coefficient (Wildman–Crippen LogP) is 0.777. The van der Waals surface area contributed by atoms with Gasteiger partial charge in [-0.25, -0.2) is 10.4 Å². The number of hydrogen-bond donors (Lipinski definition) is 3. The fraction of sp³-hybridized carbons (Fsp3) is 0.333. The van der Waals surface area contributed by atoms with Gasteiger partial charge in [-0.15, -0.1) is 0 Å². The zero-order valence-electron chi connectivity index (χ0n) is 10.4. The summed E-state index contributed by atoms with van der Waals surface area (Å²) in [6.45, 7) is 1.79. The number of hydrogen-bond acceptors (Lipinski definition) is 5. The minimum Gasteiger partial charge on any atom is -0.441 e. The third-order valence-electron chi connectivity index (χ3n) is 2.62. The lowest BCUT2D eigenvalue weighted by Crippen LogP contribution is -2.36. The number of carbonyl (C=O) groups excluding carboxylic acids is 1. The molecule has 0 saturated heterocycles. The summed E-state index contributed by atoms with van der Waals surface area (Å²) in [5.41, 5.74) is 13.4. The molecule has 2 rings (SSSR count). The van der Waals surface area contributed by atoms with Crippen LogP contribution in [0.15, 0.2) is 22.6 Å². The standard InChI is InChI=1S/C12H16N4O2/c1-7-15-10-4-3-8(5-11(10)18-7)9(13)6-12(17)16-14-2/h3-5,9,14H,6,13H2,1-2H3,(H,16,17). The zero-order valence-corrected chi connectivity index (χ0v) is 10.4. The number of fused-ring (bicyclic) bond motifs is 1. The predicted molar refractivity (Wildman–Crippen MR) is 67.5 cm³/mol. The van der Waals surface area contributed by atoms with E-state index in [2.05, 4.69) is 15.8 Å². The molecule has 2 aromatic rings. The summed E-state index contributed by atoms with van der Waals surface area (Å²) < 4.78 is 5.43. The van der Waals surface area contributed by atoms with Gasteiger partial charge in [0.15, 0.2) is 11.5 Å². The summed E-state index contributed by atoms with van der Waals surface area (Å²) in [4.78, 5) is 15.6. The second-order valence-electron chi connectivity index (χ2n) is 4.07. The molecule has 1 aromatic heterocycles. The van der Waals surface area contributed by atoms with Crippen molar-refractivity contribution < 1.29 is 9.21 Å². The van der Waals surface area contributed by atoms with Crippen molar-refractivity contribution >= 4 is 17.0 Å². The van der Waals surface area contributed by atoms with E-state index in [1.165, 1.54) is 0 Å². The average Bonchev–Trinajstić information content (AvgIpc) is 2.68. The fourth-order valence-corrected chi connectivity index (χ4v) is 1.80. The third kappa shape index (κ3) is 2.66. The Bertz CT molecular complexity index is 564. The number of aromatic nitrogens is 1. The highest BCUT2D eigenvalue weighted by Crippen LogP contribution is 2.21. The number of nitrogens with zero attached hydrogens (tertiary/aromatic N) is 1. The van der Waals surface area contributed by atoms with Crippen LogP contribution < -0.4 is 16.6 Å². The van der Waals surface area contributed by atoms with Gasteiger partial charge in [-0.05, 0) is 17.7 Å². The summed E-state index contributed by atoms with van der Waals surface area (Å²) in [5, 5.41) is 0. The van der Waals surface area contributed by atoms with Gasteiger partial charge in [0.25, 0.3) is 0 Å². The minimum absolute atomic E-state index is 0.154. The Hall–Kier alpha value is -1.92. The number of nitrogens with one attached hydrogen (secondary N) is 2. The molecule has 0 spiro atoms. The molecule has 0 radical (unpaired) electrons. The molecule has 0 saturated carbocycles. The summed E-state index contributed by atoms with van der Waals surface area (Å²) in [6.07, 6.45) is 0.208. The first kappa shape index (κ1) is 12.5. The van der Waals surface area contributed by atoms with E-state index in [-0.39, 0.29) is 18.4 Å². The number of nitrogens with two attached hydrogens (primary N) is 1. The maximum atomic E-state index is 11.4. The van der Waals surface area contributed by atoms with E-state index in [9.17, 15) is 4.79 Å². The van der Waals surface area contributed by atoms with Crippen LogP contribution in [0, 0.1) is 6.92 Å². The molecule has 0 bridgehead atoms. The Balaban J connectivity index is 2.17. The van der Waals surface area contributed by atoms with Crippen LogP contribution in [0.25, 0.3) is 11.1 Å². The van der Waals surface area contributed by atoms with Crippen LogP contribution in [0.4, 0.5) is 0 Å². The second-order valence-corrected chi connectivity index (χ2v) is 4.07. The maximum absolute atomic E-state index is 11.4. The van der Waals surface area contributed by atoms with E-state index in [1.807, 2.05) is 18.2 Å². The molecule has 0 fully saturated rings. The summed E-state index contributed by atoms with van der Waals surface area (Å²) in [6, 6.07) is 5.17. The van der Waals surface area contributed by atoms with Crippen molar-refractivity contribution in [3.05, 3.63) is 29.7 Å². The van der Waals surface area contributed by atoms with E-state index in [0.29, 0.717) is 11.5 Å². The number of benzene rings is 1. The monoisotopic (exact) mass is 248 g/mol. The molecular weight excluding hydrogens is 232 g/mol. The minimum atomic E-state index is -0.367. The van der Waals surface area contributed by atoms with Crippen molar-refractivity contribution in [1.82, 2.24) is 15.8 Å². The van der Waals surface area contributed by atoms with Crippen LogP contribution in [0.1, 0.15) is 23.9 Å². The van der Waals surface area contributed by atoms with Crippen LogP contribution in [-0.4, -0.2) is 17.9 Å². The molecule has 1 atom stereocenters. The van der Waals surface area contributed by atoms with Gasteiger partial charge in [-0.3, -0.25) is 10.2 Å². The number of carbonyl (C=O) groups is 1. The Morgan fingerprint density at radius 3 is 3.06 bits per heavy atom. The molecule has 0 aliphatic heterocycles. The quantitative estimate of drug-likeness (QED) is 0.695. The molecule has 0 aliphatic carbocycles. The van der Waals surface area contributed by atoms with E-state index in [1.54, 1.807) is 14.0 Å². The summed E-state index contributed by atoms with van der Waals surface area (Å²) in [7, 11) is 1.63. The smallest absolute Gasteiger partial charge is 0.235 e. The number of amides is 1. The Labute approximate surface area is 105 Å². The second kappa shape index (κ2) is 5.16. The van der Waals surface area contributed by atoms with Crippen molar-refractivity contribution in [1.29, 1.82) is 0 Å². The maximum Gasteiger partial charge on any atom is 0.235 e. The lowest BCUT2D eigenvalue weighted by Gasteiger charge is -2.11. The topological polar surface area (TPSA) is 93.2 Å². The molecule has 96 valence electrons. The van der Waals surface area contributed by atoms with E-state index in [4.69, 9.17) is 10.2 Å². The molecule has 0 aliphatic rings. The summed E-state index contributed by atoms with van der Waals surface area (Å²) in [5.74, 6) is 0.461. The molecule has 18 heavy (non-hydrogen) atoms. The Kier molecular flexibility index (Phi) is 3.59. The largest absolute Gasteiger partial charge is 0.441 e. The normalized spacial score (nSPS) is 12.6. The third-order valence-corrected chi connectivity index (χ3v) is 2.62. The molecule has 6 nitrogen and oxygen atoms in total. The fourth-order valence-electron chi connectivity index (χ4n) is 1.80. The van der Waals surface area contributed by atoms with Crippen molar-refractivity contribution in [3.63, 3.8) is 0 Å². The van der Waals surface area contributed by atoms with Crippen molar-refractivity contribution in [2.24, 2.45) is 5.73 Å². The van der Waals surface area contributed by atoms with Gasteiger partial charge in [0.2, 0.25) is 5.91 Å². The first-order chi connectivity index (χ1) is 8.60. The van der Waals surface area contributed by atoms with Crippen LogP contribution in [0.2, 0.25) is 0 Å². The van der Waals surface area contributed by atoms with E-state index in [0.717, 1.165) is 11.1 Å². The molecule has 4 N–H and O–H groups in total. The lowest BCUT2D eigenvalue weighted by molar-refractivity contribution is -0.122. The zero-order chi connectivity index (χ0) is 13.1. The van der Waals surface area contributed by atoms with E-state index < -0.39 is 0 Å². The molecule has 1 aromatic carbocycles. The van der Waals surface area contributed by atoms with Gasteiger partial charge in [0.1, 0.15) is 5.52 Å². The molecule has 1 heterocycles. The molecule has 1 amide bonds. The Morgan fingerprint density at radius 1 is 1.56 bits per heavy atom. The van der Waals surface area contributed by atoms with Crippen LogP contribution in [-0.2, 0) is 4.79 Å². The van der Waals surface area contributed by atoms with Crippen molar-refractivity contribution in [2.75, 3.05) is 7.05 Å². The van der Waals surface area contributed by atoms with E-state index >= 15 is 0 Å². The first-order valence-electron chi connectivity index (χ1n) is 5.68. The van der Waals surface area contributed by atoms with Gasteiger partial charge < -0.3 is 10.2 Å². The van der Waals surface area contributed by atoms with Crippen LogP contribution >= 0.6 is 0 Å². The highest BCUT2D eigenvalue weighted by molar-refractivity contribution is 5.77. The average molecular weight is 248 g/mol. The van der Waals surface area contributed by atoms with Gasteiger partial charge in [-0.1, -0.05) is 6.07 Å². The molecule has 1 unspecified atom stereocenters. The van der Waals surface area contributed by atoms with Gasteiger partial charge in [0.05, 0.1) is 0 Å². The van der Waals surface area contributed by atoms with Crippen LogP contribution in [0.3, 0.4) is 0 Å². The van der Waals surface area contributed by atoms with Gasteiger partial charge in [0, 0.05) is 26.4 Å². The van der Waals surface area contributed by atoms with Gasteiger partial charge >= 0.3 is 0 Å². The number of rotatable bonds is 4. The number of aryl methyl sites for hydroxylation is 1. The first-order valence-corrected chi connectivity index (χ1v) is 5.68. The Morgan fingerprint density at radius 2 is 2.33 bits per heavy atom. The number of oxazole rings is 1. The number of hydrazine groups is 1. The summed E-state index contributed by atoms with van der Waals surface area (Å²) >= 11 is 0. The van der Waals surface area contributed by atoms with Gasteiger partial charge in [-0.2, -0.15) is 0 Å². The highest BCUT2D eigenvalue weighted by atomic mass is 16.3. The molecular formula is C12H16N4O2.